The summed E-state index contributed by atoms with van der Waals surface area (Å²) in [5, 5.41) is 28.7. The van der Waals surface area contributed by atoms with Crippen molar-refractivity contribution in [1.29, 1.82) is 0 Å². The molecule has 3 N–H and O–H groups in total. The fourth-order valence-electron chi connectivity index (χ4n) is 2.40. The number of phenolic OH excluding ortho intramolecular Hbond substituents is 2. The molecule has 2 aromatic rings. The van der Waals surface area contributed by atoms with Crippen LogP contribution in [0.4, 0.5) is 0 Å². The number of benzene rings is 2. The molecule has 0 radical (unpaired) electrons. The largest absolute Gasteiger partial charge is 0.508 e. The minimum Gasteiger partial charge on any atom is -0.508 e. The molecule has 0 aromatic heterocycles. The number of rotatable bonds is 7. The summed E-state index contributed by atoms with van der Waals surface area (Å²) in [7, 11) is 1.99. The average Bonchev–Trinajstić information content (AvgIpc) is 2.50. The first kappa shape index (κ1) is 16.3. The Morgan fingerprint density at radius 1 is 0.909 bits per heavy atom. The predicted octanol–water partition coefficient (Wildman–Crippen LogP) is 2.70. The summed E-state index contributed by atoms with van der Waals surface area (Å²) in [5.41, 5.74) is 2.01. The molecule has 2 rings (SSSR count). The summed E-state index contributed by atoms with van der Waals surface area (Å²) in [5.74, 6) is 0.496. The minimum absolute atomic E-state index is 0.207. The first-order chi connectivity index (χ1) is 10.5. The van der Waals surface area contributed by atoms with Gasteiger partial charge in [0.2, 0.25) is 0 Å². The van der Waals surface area contributed by atoms with Gasteiger partial charge in [-0.25, -0.2) is 0 Å². The third kappa shape index (κ3) is 5.06. The molecule has 1 atom stereocenters. The Hall–Kier alpha value is -2.04. The molecule has 0 saturated carbocycles. The van der Waals surface area contributed by atoms with Gasteiger partial charge in [0.15, 0.2) is 0 Å². The van der Waals surface area contributed by atoms with Crippen LogP contribution < -0.4 is 0 Å². The molecule has 0 unspecified atom stereocenters. The number of aromatic hydroxyl groups is 2. The number of aryl methyl sites for hydroxylation is 1. The van der Waals surface area contributed by atoms with Gasteiger partial charge in [-0.1, -0.05) is 24.3 Å². The Balaban J connectivity index is 1.74. The highest BCUT2D eigenvalue weighted by Gasteiger charge is 2.10. The van der Waals surface area contributed by atoms with Gasteiger partial charge in [0.1, 0.15) is 11.5 Å². The van der Waals surface area contributed by atoms with Crippen LogP contribution in [-0.4, -0.2) is 40.4 Å². The summed E-state index contributed by atoms with van der Waals surface area (Å²) >= 11 is 0. The van der Waals surface area contributed by atoms with Crippen LogP contribution >= 0.6 is 0 Å². The first-order valence-corrected chi connectivity index (χ1v) is 7.48. The molecule has 0 aliphatic carbocycles. The van der Waals surface area contributed by atoms with Crippen molar-refractivity contribution in [3.63, 3.8) is 0 Å². The van der Waals surface area contributed by atoms with Crippen molar-refractivity contribution in [3.05, 3.63) is 59.7 Å². The average molecular weight is 301 g/mol. The highest BCUT2D eigenvalue weighted by atomic mass is 16.3. The number of nitrogens with zero attached hydrogens (tertiary/aromatic N) is 1. The zero-order valence-corrected chi connectivity index (χ0v) is 12.8. The van der Waals surface area contributed by atoms with Crippen LogP contribution in [0.25, 0.3) is 0 Å². The number of hydrogen-bond acceptors (Lipinski definition) is 4. The van der Waals surface area contributed by atoms with Crippen molar-refractivity contribution in [1.82, 2.24) is 4.90 Å². The Morgan fingerprint density at radius 3 is 2.05 bits per heavy atom. The second-order valence-corrected chi connectivity index (χ2v) is 5.64. The van der Waals surface area contributed by atoms with Crippen molar-refractivity contribution in [2.75, 3.05) is 20.1 Å². The van der Waals surface area contributed by atoms with Gasteiger partial charge in [-0.15, -0.1) is 0 Å². The molecule has 4 nitrogen and oxygen atoms in total. The Labute approximate surface area is 131 Å². The number of aliphatic hydroxyl groups is 1. The standard InChI is InChI=1S/C18H23NO3/c1-19(12-2-3-14-4-8-16(20)9-5-14)13-18(22)15-6-10-17(21)11-7-15/h4-11,18,20-22H,2-3,12-13H2,1H3/t18-/m0/s1. The van der Waals surface area contributed by atoms with E-state index in [2.05, 4.69) is 4.90 Å². The van der Waals surface area contributed by atoms with Crippen LogP contribution in [0, 0.1) is 0 Å². The van der Waals surface area contributed by atoms with Gasteiger partial charge in [-0.2, -0.15) is 0 Å². The molecule has 22 heavy (non-hydrogen) atoms. The summed E-state index contributed by atoms with van der Waals surface area (Å²) < 4.78 is 0. The lowest BCUT2D eigenvalue weighted by Crippen LogP contribution is -2.26. The van der Waals surface area contributed by atoms with Gasteiger partial charge in [-0.3, -0.25) is 0 Å². The maximum Gasteiger partial charge on any atom is 0.115 e. The third-order valence-corrected chi connectivity index (χ3v) is 3.70. The molecule has 0 amide bonds. The van der Waals surface area contributed by atoms with Crippen LogP contribution in [-0.2, 0) is 6.42 Å². The topological polar surface area (TPSA) is 63.9 Å². The second-order valence-electron chi connectivity index (χ2n) is 5.64. The van der Waals surface area contributed by atoms with Crippen LogP contribution in [0.3, 0.4) is 0 Å². The summed E-state index contributed by atoms with van der Waals surface area (Å²) in [4.78, 5) is 2.10. The zero-order valence-electron chi connectivity index (χ0n) is 12.8. The van der Waals surface area contributed by atoms with E-state index in [0.29, 0.717) is 6.54 Å². The fraction of sp³-hybridized carbons (Fsp3) is 0.333. The fourth-order valence-corrected chi connectivity index (χ4v) is 2.40. The molecular formula is C18H23NO3. The van der Waals surface area contributed by atoms with Gasteiger partial charge in [0.25, 0.3) is 0 Å². The summed E-state index contributed by atoms with van der Waals surface area (Å²) in [6, 6.07) is 13.9. The second kappa shape index (κ2) is 7.82. The SMILES string of the molecule is CN(CCCc1ccc(O)cc1)C[C@H](O)c1ccc(O)cc1. The van der Waals surface area contributed by atoms with E-state index < -0.39 is 6.10 Å². The predicted molar refractivity (Wildman–Crippen MR) is 87.0 cm³/mol. The zero-order chi connectivity index (χ0) is 15.9. The molecule has 0 heterocycles. The maximum atomic E-state index is 10.2. The molecule has 4 heteroatoms. The molecule has 0 spiro atoms. The van der Waals surface area contributed by atoms with E-state index in [9.17, 15) is 15.3 Å². The maximum absolute atomic E-state index is 10.2. The normalized spacial score (nSPS) is 12.5. The van der Waals surface area contributed by atoms with Crippen molar-refractivity contribution >= 4 is 0 Å². The number of aliphatic hydroxyl groups excluding tert-OH is 1. The number of phenols is 2. The molecule has 118 valence electrons. The van der Waals surface area contributed by atoms with Gasteiger partial charge in [0, 0.05) is 6.54 Å². The molecular weight excluding hydrogens is 278 g/mol. The molecule has 0 fully saturated rings. The lowest BCUT2D eigenvalue weighted by molar-refractivity contribution is 0.126. The van der Waals surface area contributed by atoms with Crippen molar-refractivity contribution < 1.29 is 15.3 Å². The smallest absolute Gasteiger partial charge is 0.115 e. The van der Waals surface area contributed by atoms with Gasteiger partial charge in [-0.05, 0) is 61.8 Å². The van der Waals surface area contributed by atoms with Crippen LogP contribution in [0.15, 0.2) is 48.5 Å². The molecule has 0 saturated heterocycles. The van der Waals surface area contributed by atoms with Gasteiger partial charge >= 0.3 is 0 Å². The van der Waals surface area contributed by atoms with Gasteiger partial charge in [0.05, 0.1) is 6.10 Å². The van der Waals surface area contributed by atoms with E-state index in [0.717, 1.165) is 24.9 Å². The number of likely N-dealkylation sites (N-methyl/N-ethyl adjacent to an activating group) is 1. The molecule has 2 aromatic carbocycles. The lowest BCUT2D eigenvalue weighted by Gasteiger charge is -2.20. The highest BCUT2D eigenvalue weighted by Crippen LogP contribution is 2.17. The third-order valence-electron chi connectivity index (χ3n) is 3.70. The lowest BCUT2D eigenvalue weighted by atomic mass is 10.1. The molecule has 0 aliphatic rings. The Kier molecular flexibility index (Phi) is 5.81. The van der Waals surface area contributed by atoms with Crippen LogP contribution in [0.5, 0.6) is 11.5 Å². The number of hydrogen-bond donors (Lipinski definition) is 3. The Morgan fingerprint density at radius 2 is 1.45 bits per heavy atom. The van der Waals surface area contributed by atoms with Crippen LogP contribution in [0.1, 0.15) is 23.7 Å². The summed E-state index contributed by atoms with van der Waals surface area (Å²) in [6.45, 7) is 1.44. The van der Waals surface area contributed by atoms with Gasteiger partial charge < -0.3 is 20.2 Å². The van der Waals surface area contributed by atoms with E-state index >= 15 is 0 Å². The first-order valence-electron chi connectivity index (χ1n) is 7.48. The van der Waals surface area contributed by atoms with Crippen molar-refractivity contribution in [2.45, 2.75) is 18.9 Å². The summed E-state index contributed by atoms with van der Waals surface area (Å²) in [6.07, 6.45) is 1.38. The van der Waals surface area contributed by atoms with E-state index in [4.69, 9.17) is 0 Å². The molecule has 0 bridgehead atoms. The van der Waals surface area contributed by atoms with E-state index in [1.54, 1.807) is 36.4 Å². The molecule has 0 aliphatic heterocycles. The van der Waals surface area contributed by atoms with E-state index in [1.165, 1.54) is 5.56 Å². The van der Waals surface area contributed by atoms with E-state index in [-0.39, 0.29) is 11.5 Å². The van der Waals surface area contributed by atoms with Crippen molar-refractivity contribution in [2.24, 2.45) is 0 Å². The van der Waals surface area contributed by atoms with Crippen molar-refractivity contribution in [3.8, 4) is 11.5 Å². The minimum atomic E-state index is -0.556. The quantitative estimate of drug-likeness (QED) is 0.736. The van der Waals surface area contributed by atoms with Crippen LogP contribution in [0.2, 0.25) is 0 Å². The highest BCUT2D eigenvalue weighted by molar-refractivity contribution is 5.27. The van der Waals surface area contributed by atoms with E-state index in [1.807, 2.05) is 19.2 Å². The Bertz CT molecular complexity index is 566. The monoisotopic (exact) mass is 301 g/mol.